The number of piperazine rings is 1. The SMILES string of the molecule is CSc1ncc(CN2CCN3CCCCC3C2)cn1. The third kappa shape index (κ3) is 3.27. The van der Waals surface area contributed by atoms with E-state index in [0.29, 0.717) is 0 Å². The maximum Gasteiger partial charge on any atom is 0.187 e. The Kier molecular flexibility index (Phi) is 4.35. The summed E-state index contributed by atoms with van der Waals surface area (Å²) in [5.41, 5.74) is 1.24. The van der Waals surface area contributed by atoms with Gasteiger partial charge in [0.15, 0.2) is 5.16 Å². The minimum Gasteiger partial charge on any atom is -0.298 e. The van der Waals surface area contributed by atoms with E-state index in [1.807, 2.05) is 18.6 Å². The van der Waals surface area contributed by atoms with Crippen molar-refractivity contribution in [2.45, 2.75) is 37.0 Å². The van der Waals surface area contributed by atoms with E-state index in [1.54, 1.807) is 11.8 Å². The molecule has 2 fully saturated rings. The maximum absolute atomic E-state index is 4.36. The highest BCUT2D eigenvalue weighted by molar-refractivity contribution is 7.98. The molecule has 0 amide bonds. The van der Waals surface area contributed by atoms with Crippen LogP contribution < -0.4 is 0 Å². The molecule has 104 valence electrons. The van der Waals surface area contributed by atoms with Crippen molar-refractivity contribution in [3.8, 4) is 0 Å². The number of aromatic nitrogens is 2. The van der Waals surface area contributed by atoms with Gasteiger partial charge in [-0.1, -0.05) is 18.2 Å². The van der Waals surface area contributed by atoms with Crippen LogP contribution in [0.15, 0.2) is 17.6 Å². The fraction of sp³-hybridized carbons (Fsp3) is 0.714. The Morgan fingerprint density at radius 2 is 2.05 bits per heavy atom. The molecule has 19 heavy (non-hydrogen) atoms. The van der Waals surface area contributed by atoms with E-state index in [1.165, 1.54) is 51.0 Å². The van der Waals surface area contributed by atoms with E-state index < -0.39 is 0 Å². The topological polar surface area (TPSA) is 32.3 Å². The first-order chi connectivity index (χ1) is 9.35. The van der Waals surface area contributed by atoms with Crippen LogP contribution in [0.5, 0.6) is 0 Å². The van der Waals surface area contributed by atoms with Gasteiger partial charge < -0.3 is 0 Å². The smallest absolute Gasteiger partial charge is 0.187 e. The zero-order chi connectivity index (χ0) is 13.1. The Hall–Kier alpha value is -0.650. The van der Waals surface area contributed by atoms with E-state index in [2.05, 4.69) is 19.8 Å². The van der Waals surface area contributed by atoms with Gasteiger partial charge in [0.05, 0.1) is 0 Å². The van der Waals surface area contributed by atoms with Crippen molar-refractivity contribution in [3.05, 3.63) is 18.0 Å². The molecular weight excluding hydrogens is 256 g/mol. The monoisotopic (exact) mass is 278 g/mol. The molecular formula is C14H22N4S. The molecule has 0 aromatic carbocycles. The molecule has 1 atom stereocenters. The van der Waals surface area contributed by atoms with Gasteiger partial charge in [-0.15, -0.1) is 0 Å². The van der Waals surface area contributed by atoms with Crippen molar-refractivity contribution in [2.24, 2.45) is 0 Å². The number of thioether (sulfide) groups is 1. The maximum atomic E-state index is 4.36. The summed E-state index contributed by atoms with van der Waals surface area (Å²) in [6, 6.07) is 0.786. The first-order valence-electron chi connectivity index (χ1n) is 7.16. The Morgan fingerprint density at radius 3 is 2.84 bits per heavy atom. The van der Waals surface area contributed by atoms with Crippen molar-refractivity contribution in [1.82, 2.24) is 19.8 Å². The lowest BCUT2D eigenvalue weighted by atomic mass is 9.99. The highest BCUT2D eigenvalue weighted by Crippen LogP contribution is 2.22. The average Bonchev–Trinajstić information content (AvgIpc) is 2.48. The molecule has 0 N–H and O–H groups in total. The molecule has 0 radical (unpaired) electrons. The zero-order valence-electron chi connectivity index (χ0n) is 11.6. The minimum absolute atomic E-state index is 0.786. The second kappa shape index (κ2) is 6.20. The van der Waals surface area contributed by atoms with Gasteiger partial charge in [0, 0.05) is 50.2 Å². The Morgan fingerprint density at radius 1 is 1.21 bits per heavy atom. The standard InChI is InChI=1S/C14H22N4S/c1-19-14-15-8-12(9-16-14)10-17-6-7-18-5-3-2-4-13(18)11-17/h8-9,13H,2-7,10-11H2,1H3. The van der Waals surface area contributed by atoms with Crippen LogP contribution >= 0.6 is 11.8 Å². The lowest BCUT2D eigenvalue weighted by molar-refractivity contribution is 0.0456. The molecule has 2 aliphatic rings. The van der Waals surface area contributed by atoms with Crippen molar-refractivity contribution in [3.63, 3.8) is 0 Å². The molecule has 3 rings (SSSR count). The number of rotatable bonds is 3. The summed E-state index contributed by atoms with van der Waals surface area (Å²) in [6.45, 7) is 5.93. The van der Waals surface area contributed by atoms with Gasteiger partial charge in [0.2, 0.25) is 0 Å². The van der Waals surface area contributed by atoms with E-state index >= 15 is 0 Å². The van der Waals surface area contributed by atoms with E-state index in [-0.39, 0.29) is 0 Å². The van der Waals surface area contributed by atoms with Gasteiger partial charge in [-0.2, -0.15) is 0 Å². The molecule has 2 saturated heterocycles. The number of hydrogen-bond donors (Lipinski definition) is 0. The number of piperidine rings is 1. The summed E-state index contributed by atoms with van der Waals surface area (Å²) in [7, 11) is 0. The molecule has 0 spiro atoms. The molecule has 1 aromatic rings. The fourth-order valence-electron chi connectivity index (χ4n) is 3.15. The minimum atomic E-state index is 0.786. The van der Waals surface area contributed by atoms with Gasteiger partial charge in [-0.3, -0.25) is 9.80 Å². The van der Waals surface area contributed by atoms with E-state index in [9.17, 15) is 0 Å². The van der Waals surface area contributed by atoms with Crippen LogP contribution in [0, 0.1) is 0 Å². The summed E-state index contributed by atoms with van der Waals surface area (Å²) in [4.78, 5) is 14.0. The van der Waals surface area contributed by atoms with E-state index in [0.717, 1.165) is 17.7 Å². The summed E-state index contributed by atoms with van der Waals surface area (Å²) in [5.74, 6) is 0. The molecule has 2 aliphatic heterocycles. The summed E-state index contributed by atoms with van der Waals surface area (Å²) >= 11 is 1.60. The third-order valence-electron chi connectivity index (χ3n) is 4.19. The van der Waals surface area contributed by atoms with Crippen LogP contribution in [0.3, 0.4) is 0 Å². The molecule has 0 saturated carbocycles. The van der Waals surface area contributed by atoms with Crippen molar-refractivity contribution in [2.75, 3.05) is 32.4 Å². The van der Waals surface area contributed by atoms with Crippen molar-refractivity contribution in [1.29, 1.82) is 0 Å². The number of fused-ring (bicyclic) bond motifs is 1. The van der Waals surface area contributed by atoms with Crippen molar-refractivity contribution >= 4 is 11.8 Å². The Bertz CT molecular complexity index is 408. The molecule has 3 heterocycles. The first-order valence-corrected chi connectivity index (χ1v) is 8.39. The number of nitrogens with zero attached hydrogens (tertiary/aromatic N) is 4. The Labute approximate surface area is 119 Å². The molecule has 1 unspecified atom stereocenters. The molecule has 0 bridgehead atoms. The molecule has 0 aliphatic carbocycles. The highest BCUT2D eigenvalue weighted by Gasteiger charge is 2.28. The second-order valence-electron chi connectivity index (χ2n) is 5.50. The van der Waals surface area contributed by atoms with Gasteiger partial charge in [-0.25, -0.2) is 9.97 Å². The summed E-state index contributed by atoms with van der Waals surface area (Å²) in [6.07, 6.45) is 10.1. The average molecular weight is 278 g/mol. The van der Waals surface area contributed by atoms with Gasteiger partial charge >= 0.3 is 0 Å². The second-order valence-corrected chi connectivity index (χ2v) is 6.27. The van der Waals surface area contributed by atoms with Gasteiger partial charge in [-0.05, 0) is 25.6 Å². The highest BCUT2D eigenvalue weighted by atomic mass is 32.2. The van der Waals surface area contributed by atoms with E-state index in [4.69, 9.17) is 0 Å². The third-order valence-corrected chi connectivity index (χ3v) is 4.77. The quantitative estimate of drug-likeness (QED) is 0.622. The molecule has 5 heteroatoms. The van der Waals surface area contributed by atoms with Crippen LogP contribution in [0.4, 0.5) is 0 Å². The molecule has 4 nitrogen and oxygen atoms in total. The van der Waals surface area contributed by atoms with Gasteiger partial charge in [0.25, 0.3) is 0 Å². The predicted molar refractivity (Wildman–Crippen MR) is 78.3 cm³/mol. The van der Waals surface area contributed by atoms with Crippen LogP contribution in [-0.4, -0.2) is 58.2 Å². The lowest BCUT2D eigenvalue weighted by Gasteiger charge is -2.44. The number of hydrogen-bond acceptors (Lipinski definition) is 5. The predicted octanol–water partition coefficient (Wildman–Crippen LogP) is 1.87. The Balaban J connectivity index is 1.57. The molecule has 1 aromatic heterocycles. The van der Waals surface area contributed by atoms with Crippen LogP contribution in [0.2, 0.25) is 0 Å². The largest absolute Gasteiger partial charge is 0.298 e. The van der Waals surface area contributed by atoms with Crippen LogP contribution in [0.1, 0.15) is 24.8 Å². The lowest BCUT2D eigenvalue weighted by Crippen LogP contribution is -2.54. The summed E-state index contributed by atoms with van der Waals surface area (Å²) < 4.78 is 0. The normalized spacial score (nSPS) is 25.2. The first kappa shape index (κ1) is 13.3. The zero-order valence-corrected chi connectivity index (χ0v) is 12.4. The van der Waals surface area contributed by atoms with Crippen LogP contribution in [0.25, 0.3) is 0 Å². The van der Waals surface area contributed by atoms with Crippen molar-refractivity contribution < 1.29 is 0 Å². The summed E-state index contributed by atoms with van der Waals surface area (Å²) in [5, 5.41) is 0.862. The fourth-order valence-corrected chi connectivity index (χ4v) is 3.47. The van der Waals surface area contributed by atoms with Gasteiger partial charge in [0.1, 0.15) is 0 Å². The van der Waals surface area contributed by atoms with Crippen LogP contribution in [-0.2, 0) is 6.54 Å².